The predicted molar refractivity (Wildman–Crippen MR) is 94.0 cm³/mol. The maximum Gasteiger partial charge on any atom is 0.255 e. The first-order chi connectivity index (χ1) is 11.6. The van der Waals surface area contributed by atoms with Gasteiger partial charge >= 0.3 is 0 Å². The van der Waals surface area contributed by atoms with Crippen molar-refractivity contribution in [3.8, 4) is 0 Å². The van der Waals surface area contributed by atoms with Crippen LogP contribution in [0.3, 0.4) is 0 Å². The van der Waals surface area contributed by atoms with Gasteiger partial charge in [0.25, 0.3) is 5.91 Å². The van der Waals surface area contributed by atoms with Crippen LogP contribution < -0.4 is 10.6 Å². The van der Waals surface area contributed by atoms with Crippen LogP contribution in [0.15, 0.2) is 42.6 Å². The summed E-state index contributed by atoms with van der Waals surface area (Å²) < 4.78 is 0. The van der Waals surface area contributed by atoms with Crippen LogP contribution in [0.25, 0.3) is 0 Å². The molecule has 0 aliphatic carbocycles. The first-order valence-electron chi connectivity index (χ1n) is 8.16. The molecule has 1 fully saturated rings. The van der Waals surface area contributed by atoms with Crippen LogP contribution in [0.5, 0.6) is 0 Å². The Bertz CT molecular complexity index is 757. The van der Waals surface area contributed by atoms with Crippen LogP contribution in [0.4, 0.5) is 5.69 Å². The van der Waals surface area contributed by atoms with Crippen molar-refractivity contribution in [1.29, 1.82) is 0 Å². The molecule has 0 unspecified atom stereocenters. The summed E-state index contributed by atoms with van der Waals surface area (Å²) in [4.78, 5) is 19.2. The number of rotatable bonds is 2. The number of piperidine rings is 1. The predicted octanol–water partition coefficient (Wildman–Crippen LogP) is 2.88. The van der Waals surface area contributed by atoms with Gasteiger partial charge in [0.15, 0.2) is 0 Å². The Kier molecular flexibility index (Phi) is 3.90. The van der Waals surface area contributed by atoms with Gasteiger partial charge in [-0.2, -0.15) is 0 Å². The molecule has 2 aliphatic rings. The lowest BCUT2D eigenvalue weighted by molar-refractivity contribution is 0.0821. The van der Waals surface area contributed by atoms with Crippen LogP contribution in [-0.4, -0.2) is 34.5 Å². The molecule has 1 aromatic carbocycles. The molecule has 24 heavy (non-hydrogen) atoms. The molecule has 1 saturated heterocycles. The quantitative estimate of drug-likeness (QED) is 0.881. The van der Waals surface area contributed by atoms with Gasteiger partial charge in [-0.25, -0.2) is 0 Å². The molecule has 2 aliphatic heterocycles. The van der Waals surface area contributed by atoms with Gasteiger partial charge in [0.05, 0.1) is 11.3 Å². The number of nitrogens with one attached hydrogen (secondary N) is 2. The van der Waals surface area contributed by atoms with Gasteiger partial charge < -0.3 is 10.6 Å². The third kappa shape index (κ3) is 2.97. The van der Waals surface area contributed by atoms with Crippen molar-refractivity contribution < 1.29 is 4.79 Å². The smallest absolute Gasteiger partial charge is 0.255 e. The number of likely N-dealkylation sites (tertiary alicyclic amines) is 1. The van der Waals surface area contributed by atoms with E-state index in [0.29, 0.717) is 10.6 Å². The van der Waals surface area contributed by atoms with E-state index in [4.69, 9.17) is 11.6 Å². The standard InChI is InChI=1S/C18H19ClN4O/c19-13-4-5-16-15(11-13)17(24)22-18(21-16)6-9-23(10-7-18)12-14-3-1-2-8-20-14/h1-5,8,11,21H,6-7,9-10,12H2,(H,22,24). The zero-order valence-corrected chi connectivity index (χ0v) is 14.0. The summed E-state index contributed by atoms with van der Waals surface area (Å²) in [6.07, 6.45) is 3.53. The molecule has 0 saturated carbocycles. The highest BCUT2D eigenvalue weighted by Crippen LogP contribution is 2.32. The van der Waals surface area contributed by atoms with E-state index in [9.17, 15) is 4.79 Å². The topological polar surface area (TPSA) is 57.3 Å². The molecule has 6 heteroatoms. The first-order valence-corrected chi connectivity index (χ1v) is 8.54. The van der Waals surface area contributed by atoms with Crippen LogP contribution in [0.1, 0.15) is 28.9 Å². The molecular weight excluding hydrogens is 324 g/mol. The summed E-state index contributed by atoms with van der Waals surface area (Å²) in [5.41, 5.74) is 2.19. The average Bonchev–Trinajstić information content (AvgIpc) is 2.59. The van der Waals surface area contributed by atoms with Gasteiger partial charge in [0.2, 0.25) is 0 Å². The van der Waals surface area contributed by atoms with E-state index < -0.39 is 0 Å². The number of carbonyl (C=O) groups excluding carboxylic acids is 1. The van der Waals surface area contributed by atoms with Crippen LogP contribution in [-0.2, 0) is 6.54 Å². The molecule has 5 nitrogen and oxygen atoms in total. The van der Waals surface area contributed by atoms with Crippen LogP contribution in [0.2, 0.25) is 5.02 Å². The van der Waals surface area contributed by atoms with E-state index in [1.807, 2.05) is 36.5 Å². The first kappa shape index (κ1) is 15.4. The average molecular weight is 343 g/mol. The third-order valence-electron chi connectivity index (χ3n) is 4.77. The third-order valence-corrected chi connectivity index (χ3v) is 5.01. The summed E-state index contributed by atoms with van der Waals surface area (Å²) in [6.45, 7) is 2.66. The summed E-state index contributed by atoms with van der Waals surface area (Å²) in [5.74, 6) is -0.0515. The fourth-order valence-corrected chi connectivity index (χ4v) is 3.62. The van der Waals surface area contributed by atoms with E-state index in [0.717, 1.165) is 43.9 Å². The van der Waals surface area contributed by atoms with Crippen LogP contribution >= 0.6 is 11.6 Å². The van der Waals surface area contributed by atoms with Crippen molar-refractivity contribution >= 4 is 23.2 Å². The van der Waals surface area contributed by atoms with Gasteiger partial charge in [0.1, 0.15) is 5.66 Å². The van der Waals surface area contributed by atoms with E-state index in [1.165, 1.54) is 0 Å². The summed E-state index contributed by atoms with van der Waals surface area (Å²) in [7, 11) is 0. The van der Waals surface area contributed by atoms with Crippen molar-refractivity contribution in [2.75, 3.05) is 18.4 Å². The van der Waals surface area contributed by atoms with E-state index in [2.05, 4.69) is 20.5 Å². The number of hydrogen-bond donors (Lipinski definition) is 2. The monoisotopic (exact) mass is 342 g/mol. The minimum atomic E-state index is -0.363. The molecule has 2 aromatic rings. The maximum atomic E-state index is 12.5. The Morgan fingerprint density at radius 3 is 2.75 bits per heavy atom. The SMILES string of the molecule is O=C1NC2(CCN(Cc3ccccn3)CC2)Nc2ccc(Cl)cc21. The largest absolute Gasteiger partial charge is 0.362 e. The molecule has 4 rings (SSSR count). The number of benzene rings is 1. The van der Waals surface area contributed by atoms with Crippen LogP contribution in [0, 0.1) is 0 Å². The number of carbonyl (C=O) groups is 1. The number of pyridine rings is 1. The Morgan fingerprint density at radius 2 is 2.00 bits per heavy atom. The Morgan fingerprint density at radius 1 is 1.17 bits per heavy atom. The van der Waals surface area contributed by atoms with Crippen molar-refractivity contribution in [2.45, 2.75) is 25.0 Å². The molecule has 0 bridgehead atoms. The molecule has 0 atom stereocenters. The normalized spacial score (nSPS) is 19.5. The van der Waals surface area contributed by atoms with Gasteiger partial charge in [0, 0.05) is 49.4 Å². The lowest BCUT2D eigenvalue weighted by atomic mass is 9.92. The molecular formula is C18H19ClN4O. The highest BCUT2D eigenvalue weighted by molar-refractivity contribution is 6.31. The zero-order chi connectivity index (χ0) is 16.6. The molecule has 1 amide bonds. The summed E-state index contributed by atoms with van der Waals surface area (Å²) in [6, 6.07) is 11.4. The number of anilines is 1. The van der Waals surface area contributed by atoms with Crippen molar-refractivity contribution in [3.05, 3.63) is 58.9 Å². The number of nitrogens with zero attached hydrogens (tertiary/aromatic N) is 2. The van der Waals surface area contributed by atoms with Gasteiger partial charge in [-0.3, -0.25) is 14.7 Å². The minimum absolute atomic E-state index is 0.0515. The second-order valence-electron chi connectivity index (χ2n) is 6.45. The molecule has 2 N–H and O–H groups in total. The number of hydrogen-bond acceptors (Lipinski definition) is 4. The number of fused-ring (bicyclic) bond motifs is 1. The van der Waals surface area contributed by atoms with Crippen molar-refractivity contribution in [2.24, 2.45) is 0 Å². The molecule has 3 heterocycles. The van der Waals surface area contributed by atoms with E-state index in [1.54, 1.807) is 6.07 Å². The van der Waals surface area contributed by atoms with E-state index in [-0.39, 0.29) is 11.6 Å². The highest BCUT2D eigenvalue weighted by Gasteiger charge is 2.40. The molecule has 124 valence electrons. The fourth-order valence-electron chi connectivity index (χ4n) is 3.45. The minimum Gasteiger partial charge on any atom is -0.362 e. The Hall–Kier alpha value is -2.11. The summed E-state index contributed by atoms with van der Waals surface area (Å²) >= 11 is 6.00. The van der Waals surface area contributed by atoms with Crippen molar-refractivity contribution in [3.63, 3.8) is 0 Å². The number of aromatic nitrogens is 1. The molecule has 1 spiro atoms. The lowest BCUT2D eigenvalue weighted by Crippen LogP contribution is -2.62. The van der Waals surface area contributed by atoms with Crippen molar-refractivity contribution in [1.82, 2.24) is 15.2 Å². The highest BCUT2D eigenvalue weighted by atomic mass is 35.5. The Balaban J connectivity index is 1.45. The molecule has 1 aromatic heterocycles. The lowest BCUT2D eigenvalue weighted by Gasteiger charge is -2.45. The molecule has 0 radical (unpaired) electrons. The summed E-state index contributed by atoms with van der Waals surface area (Å²) in [5, 5.41) is 7.25. The number of halogens is 1. The number of amides is 1. The maximum absolute atomic E-state index is 12.5. The van der Waals surface area contributed by atoms with Gasteiger partial charge in [-0.15, -0.1) is 0 Å². The zero-order valence-electron chi connectivity index (χ0n) is 13.3. The Labute approximate surface area is 146 Å². The van der Waals surface area contributed by atoms with Gasteiger partial charge in [-0.1, -0.05) is 17.7 Å². The fraction of sp³-hybridized carbons (Fsp3) is 0.333. The van der Waals surface area contributed by atoms with Gasteiger partial charge in [-0.05, 0) is 30.3 Å². The second kappa shape index (κ2) is 6.07. The second-order valence-corrected chi connectivity index (χ2v) is 6.88. The van der Waals surface area contributed by atoms with E-state index >= 15 is 0 Å².